The molecule has 11 aromatic rings. The molecule has 0 aliphatic heterocycles. The standard InChI is InChI=1S/C52H33NO2/c1-3-13-34(14-4-1)35-25-29-39(30-26-35)53(45-21-12-24-47-49(45)43-19-9-10-22-46(43)54-47)40-31-27-37(28-32-40)41-20-11-23-48-50(41)51-42-18-8-7-17-38(42)33-44(52(51)55-48)36-15-5-2-6-16-36/h1-33H. The zero-order valence-corrected chi connectivity index (χ0v) is 29.8. The van der Waals surface area contributed by atoms with Crippen molar-refractivity contribution in [1.29, 1.82) is 0 Å². The van der Waals surface area contributed by atoms with Crippen LogP contribution < -0.4 is 4.90 Å². The molecule has 2 aromatic heterocycles. The van der Waals surface area contributed by atoms with Crippen LogP contribution >= 0.6 is 0 Å². The van der Waals surface area contributed by atoms with Crippen molar-refractivity contribution in [2.45, 2.75) is 0 Å². The van der Waals surface area contributed by atoms with E-state index in [-0.39, 0.29) is 0 Å². The molecule has 0 aliphatic carbocycles. The molecule has 3 heteroatoms. The number of benzene rings is 9. The van der Waals surface area contributed by atoms with Gasteiger partial charge in [-0.1, -0.05) is 146 Å². The summed E-state index contributed by atoms with van der Waals surface area (Å²) in [6.45, 7) is 0. The summed E-state index contributed by atoms with van der Waals surface area (Å²) in [5.74, 6) is 0. The highest BCUT2D eigenvalue weighted by atomic mass is 16.3. The largest absolute Gasteiger partial charge is 0.456 e. The quantitative estimate of drug-likeness (QED) is 0.173. The molecule has 0 saturated carbocycles. The molecule has 3 nitrogen and oxygen atoms in total. The van der Waals surface area contributed by atoms with Crippen LogP contribution in [0.15, 0.2) is 209 Å². The van der Waals surface area contributed by atoms with E-state index in [2.05, 4.69) is 193 Å². The average Bonchev–Trinajstić information content (AvgIpc) is 3.85. The molecule has 0 atom stereocenters. The molecule has 0 N–H and O–H groups in total. The van der Waals surface area contributed by atoms with Crippen LogP contribution in [0.4, 0.5) is 17.1 Å². The van der Waals surface area contributed by atoms with Gasteiger partial charge in [-0.3, -0.25) is 0 Å². The van der Waals surface area contributed by atoms with E-state index in [0.29, 0.717) is 0 Å². The van der Waals surface area contributed by atoms with Crippen LogP contribution in [0.1, 0.15) is 0 Å². The number of fused-ring (bicyclic) bond motifs is 8. The van der Waals surface area contributed by atoms with Gasteiger partial charge in [-0.05, 0) is 93.2 Å². The van der Waals surface area contributed by atoms with Crippen LogP contribution in [0, 0.1) is 0 Å². The van der Waals surface area contributed by atoms with Gasteiger partial charge in [0.2, 0.25) is 0 Å². The van der Waals surface area contributed by atoms with E-state index < -0.39 is 0 Å². The Balaban J connectivity index is 1.09. The molecule has 0 fully saturated rings. The first-order chi connectivity index (χ1) is 27.3. The second-order valence-electron chi connectivity index (χ2n) is 14.0. The third-order valence-electron chi connectivity index (χ3n) is 10.9. The third kappa shape index (κ3) is 5.13. The first kappa shape index (κ1) is 31.2. The Morgan fingerprint density at radius 3 is 1.62 bits per heavy atom. The predicted octanol–water partition coefficient (Wildman–Crippen LogP) is 15.1. The van der Waals surface area contributed by atoms with Crippen molar-refractivity contribution in [1.82, 2.24) is 0 Å². The molecule has 0 radical (unpaired) electrons. The molecule has 9 aromatic carbocycles. The van der Waals surface area contributed by atoms with Gasteiger partial charge in [0, 0.05) is 33.1 Å². The van der Waals surface area contributed by atoms with Crippen molar-refractivity contribution in [2.75, 3.05) is 4.90 Å². The van der Waals surface area contributed by atoms with Crippen LogP contribution in [-0.2, 0) is 0 Å². The highest BCUT2D eigenvalue weighted by molar-refractivity contribution is 6.25. The van der Waals surface area contributed by atoms with Gasteiger partial charge < -0.3 is 13.7 Å². The molecule has 11 rings (SSSR count). The predicted molar refractivity (Wildman–Crippen MR) is 229 cm³/mol. The Morgan fingerprint density at radius 2 is 0.873 bits per heavy atom. The summed E-state index contributed by atoms with van der Waals surface area (Å²) in [4.78, 5) is 2.34. The molecule has 2 heterocycles. The number of rotatable bonds is 6. The van der Waals surface area contributed by atoms with E-state index in [1.54, 1.807) is 0 Å². The number of hydrogen-bond donors (Lipinski definition) is 0. The van der Waals surface area contributed by atoms with Gasteiger partial charge in [-0.2, -0.15) is 0 Å². The zero-order chi connectivity index (χ0) is 36.3. The van der Waals surface area contributed by atoms with E-state index in [0.717, 1.165) is 83.2 Å². The molecule has 55 heavy (non-hydrogen) atoms. The van der Waals surface area contributed by atoms with Crippen molar-refractivity contribution >= 4 is 71.7 Å². The van der Waals surface area contributed by atoms with Crippen LogP contribution in [0.25, 0.3) is 88.0 Å². The molecular weight excluding hydrogens is 671 g/mol. The molecule has 0 bridgehead atoms. The topological polar surface area (TPSA) is 29.5 Å². The maximum Gasteiger partial charge on any atom is 0.143 e. The maximum atomic E-state index is 6.78. The van der Waals surface area contributed by atoms with E-state index in [1.165, 1.54) is 21.9 Å². The Kier molecular flexibility index (Phi) is 7.17. The maximum absolute atomic E-state index is 6.78. The molecule has 0 spiro atoms. The summed E-state index contributed by atoms with van der Waals surface area (Å²) < 4.78 is 13.1. The fourth-order valence-electron chi connectivity index (χ4n) is 8.33. The van der Waals surface area contributed by atoms with Crippen LogP contribution in [0.5, 0.6) is 0 Å². The highest BCUT2D eigenvalue weighted by Gasteiger charge is 2.22. The monoisotopic (exact) mass is 703 g/mol. The highest BCUT2D eigenvalue weighted by Crippen LogP contribution is 2.46. The summed E-state index contributed by atoms with van der Waals surface area (Å²) in [7, 11) is 0. The fourth-order valence-corrected chi connectivity index (χ4v) is 8.33. The Bertz CT molecular complexity index is 3180. The van der Waals surface area contributed by atoms with Gasteiger partial charge in [-0.15, -0.1) is 0 Å². The van der Waals surface area contributed by atoms with Crippen molar-refractivity contribution in [3.8, 4) is 33.4 Å². The van der Waals surface area contributed by atoms with Gasteiger partial charge in [0.15, 0.2) is 0 Å². The van der Waals surface area contributed by atoms with Crippen LogP contribution in [-0.4, -0.2) is 0 Å². The normalized spacial score (nSPS) is 11.6. The molecule has 0 saturated heterocycles. The summed E-state index contributed by atoms with van der Waals surface area (Å²) >= 11 is 0. The molecular formula is C52H33NO2. The number of furan rings is 2. The van der Waals surface area contributed by atoms with Gasteiger partial charge in [0.05, 0.1) is 11.1 Å². The van der Waals surface area contributed by atoms with Crippen LogP contribution in [0.3, 0.4) is 0 Å². The van der Waals surface area contributed by atoms with Gasteiger partial charge in [0.1, 0.15) is 22.3 Å². The fraction of sp³-hybridized carbons (Fsp3) is 0. The average molecular weight is 704 g/mol. The van der Waals surface area contributed by atoms with Crippen molar-refractivity contribution in [3.63, 3.8) is 0 Å². The molecule has 0 amide bonds. The SMILES string of the molecule is c1ccc(-c2ccc(N(c3ccc(-c4cccc5oc6c(-c7ccccc7)cc7ccccc7c6c45)cc3)c3cccc4oc5ccccc5c34)cc2)cc1. The van der Waals surface area contributed by atoms with Gasteiger partial charge in [-0.25, -0.2) is 0 Å². The summed E-state index contributed by atoms with van der Waals surface area (Å²) in [5.41, 5.74) is 13.6. The number of para-hydroxylation sites is 1. The minimum absolute atomic E-state index is 0.863. The zero-order valence-electron chi connectivity index (χ0n) is 29.8. The molecule has 258 valence electrons. The molecule has 0 aliphatic rings. The van der Waals surface area contributed by atoms with Crippen molar-refractivity contribution in [2.24, 2.45) is 0 Å². The Hall–Kier alpha value is -7.36. The van der Waals surface area contributed by atoms with E-state index in [1.807, 2.05) is 12.1 Å². The third-order valence-corrected chi connectivity index (χ3v) is 10.9. The lowest BCUT2D eigenvalue weighted by Crippen LogP contribution is -2.10. The van der Waals surface area contributed by atoms with E-state index >= 15 is 0 Å². The van der Waals surface area contributed by atoms with E-state index in [4.69, 9.17) is 8.83 Å². The Morgan fingerprint density at radius 1 is 0.327 bits per heavy atom. The summed E-state index contributed by atoms with van der Waals surface area (Å²) in [6, 6.07) is 70.8. The summed E-state index contributed by atoms with van der Waals surface area (Å²) in [5, 5.41) is 6.83. The number of hydrogen-bond acceptors (Lipinski definition) is 3. The lowest BCUT2D eigenvalue weighted by molar-refractivity contribution is 0.669. The lowest BCUT2D eigenvalue weighted by Gasteiger charge is -2.26. The molecule has 0 unspecified atom stereocenters. The summed E-state index contributed by atoms with van der Waals surface area (Å²) in [6.07, 6.45) is 0. The first-order valence-corrected chi connectivity index (χ1v) is 18.7. The minimum atomic E-state index is 0.863. The minimum Gasteiger partial charge on any atom is -0.456 e. The van der Waals surface area contributed by atoms with Crippen LogP contribution in [0.2, 0.25) is 0 Å². The smallest absolute Gasteiger partial charge is 0.143 e. The number of nitrogens with zero attached hydrogens (tertiary/aromatic N) is 1. The second-order valence-corrected chi connectivity index (χ2v) is 14.0. The number of anilines is 3. The van der Waals surface area contributed by atoms with Crippen molar-refractivity contribution < 1.29 is 8.83 Å². The van der Waals surface area contributed by atoms with E-state index in [9.17, 15) is 0 Å². The van der Waals surface area contributed by atoms with Gasteiger partial charge >= 0.3 is 0 Å². The first-order valence-electron chi connectivity index (χ1n) is 18.7. The second kappa shape index (κ2) is 12.6. The van der Waals surface area contributed by atoms with Gasteiger partial charge in [0.25, 0.3) is 0 Å². The lowest BCUT2D eigenvalue weighted by atomic mass is 9.93. The van der Waals surface area contributed by atoms with Crippen molar-refractivity contribution in [3.05, 3.63) is 200 Å². The Labute approximate surface area is 317 Å².